The van der Waals surface area contributed by atoms with Crippen LogP contribution in [0.4, 0.5) is 5.69 Å². The van der Waals surface area contributed by atoms with Crippen molar-refractivity contribution < 1.29 is 0 Å². The Balaban J connectivity index is 2.10. The molecular weight excluding hydrogens is 182 g/mol. The molecule has 2 unspecified atom stereocenters. The molecule has 1 N–H and O–H groups in total. The molecule has 1 saturated carbocycles. The molecule has 0 saturated heterocycles. The summed E-state index contributed by atoms with van der Waals surface area (Å²) >= 11 is 0. The van der Waals surface area contributed by atoms with E-state index in [9.17, 15) is 0 Å². The molecule has 0 heterocycles. The fraction of sp³-hybridized carbons (Fsp3) is 0.571. The first kappa shape index (κ1) is 10.5. The number of rotatable bonds is 2. The molecule has 1 aliphatic rings. The molecule has 0 amide bonds. The number of nitrogens with one attached hydrogen (secondary N) is 1. The SMILES string of the molecule is Cc1cc(C)cc(NC2CCCC2C)c1. The summed E-state index contributed by atoms with van der Waals surface area (Å²) in [4.78, 5) is 0. The van der Waals surface area contributed by atoms with Crippen LogP contribution in [0, 0.1) is 19.8 Å². The third kappa shape index (κ3) is 2.53. The summed E-state index contributed by atoms with van der Waals surface area (Å²) in [5.41, 5.74) is 4.00. The Hall–Kier alpha value is -0.980. The predicted octanol–water partition coefficient (Wildman–Crippen LogP) is 3.90. The van der Waals surface area contributed by atoms with Crippen LogP contribution in [0.2, 0.25) is 0 Å². The van der Waals surface area contributed by atoms with Crippen molar-refractivity contribution in [3.05, 3.63) is 29.3 Å². The molecule has 0 aromatic heterocycles. The van der Waals surface area contributed by atoms with Gasteiger partial charge in [-0.05, 0) is 55.9 Å². The Bertz CT molecular complexity index is 323. The van der Waals surface area contributed by atoms with Gasteiger partial charge in [0.15, 0.2) is 0 Å². The van der Waals surface area contributed by atoms with Gasteiger partial charge < -0.3 is 5.32 Å². The molecule has 0 spiro atoms. The average Bonchev–Trinajstić information content (AvgIpc) is 2.50. The lowest BCUT2D eigenvalue weighted by Crippen LogP contribution is -2.21. The van der Waals surface area contributed by atoms with Gasteiger partial charge in [0.1, 0.15) is 0 Å². The average molecular weight is 203 g/mol. The van der Waals surface area contributed by atoms with E-state index in [4.69, 9.17) is 0 Å². The van der Waals surface area contributed by atoms with Crippen molar-refractivity contribution in [2.24, 2.45) is 5.92 Å². The van der Waals surface area contributed by atoms with E-state index >= 15 is 0 Å². The van der Waals surface area contributed by atoms with E-state index in [1.165, 1.54) is 36.1 Å². The summed E-state index contributed by atoms with van der Waals surface area (Å²) in [7, 11) is 0. The quantitative estimate of drug-likeness (QED) is 0.768. The van der Waals surface area contributed by atoms with Crippen LogP contribution in [0.1, 0.15) is 37.3 Å². The van der Waals surface area contributed by atoms with Crippen LogP contribution < -0.4 is 5.32 Å². The Kier molecular flexibility index (Phi) is 2.99. The molecule has 1 aromatic rings. The highest BCUT2D eigenvalue weighted by atomic mass is 14.9. The van der Waals surface area contributed by atoms with E-state index in [0.29, 0.717) is 6.04 Å². The molecule has 0 bridgehead atoms. The van der Waals surface area contributed by atoms with Crippen LogP contribution in [-0.4, -0.2) is 6.04 Å². The summed E-state index contributed by atoms with van der Waals surface area (Å²) in [5.74, 6) is 0.825. The first-order valence-electron chi connectivity index (χ1n) is 6.00. The van der Waals surface area contributed by atoms with Crippen molar-refractivity contribution in [3.63, 3.8) is 0 Å². The van der Waals surface area contributed by atoms with Crippen LogP contribution >= 0.6 is 0 Å². The fourth-order valence-electron chi connectivity index (χ4n) is 2.63. The fourth-order valence-corrected chi connectivity index (χ4v) is 2.63. The van der Waals surface area contributed by atoms with Gasteiger partial charge in [0.2, 0.25) is 0 Å². The zero-order valence-electron chi connectivity index (χ0n) is 10.0. The first-order valence-corrected chi connectivity index (χ1v) is 6.00. The van der Waals surface area contributed by atoms with Gasteiger partial charge in [-0.1, -0.05) is 19.4 Å². The highest BCUT2D eigenvalue weighted by Gasteiger charge is 2.22. The molecule has 2 rings (SSSR count). The second-order valence-electron chi connectivity index (χ2n) is 5.04. The third-order valence-electron chi connectivity index (χ3n) is 3.44. The van der Waals surface area contributed by atoms with Crippen molar-refractivity contribution >= 4 is 5.69 Å². The zero-order chi connectivity index (χ0) is 10.8. The highest BCUT2D eigenvalue weighted by Crippen LogP contribution is 2.28. The summed E-state index contributed by atoms with van der Waals surface area (Å²) < 4.78 is 0. The van der Waals surface area contributed by atoms with Gasteiger partial charge in [-0.2, -0.15) is 0 Å². The van der Waals surface area contributed by atoms with Gasteiger partial charge >= 0.3 is 0 Å². The maximum absolute atomic E-state index is 3.67. The largest absolute Gasteiger partial charge is 0.382 e. The number of anilines is 1. The number of hydrogen-bond acceptors (Lipinski definition) is 1. The van der Waals surface area contributed by atoms with Gasteiger partial charge in [0, 0.05) is 11.7 Å². The normalized spacial score (nSPS) is 25.5. The number of benzene rings is 1. The minimum absolute atomic E-state index is 0.686. The summed E-state index contributed by atoms with van der Waals surface area (Å²) in [6, 6.07) is 7.41. The van der Waals surface area contributed by atoms with Crippen LogP contribution in [0.5, 0.6) is 0 Å². The van der Waals surface area contributed by atoms with Crippen molar-refractivity contribution in [1.29, 1.82) is 0 Å². The predicted molar refractivity (Wildman–Crippen MR) is 66.3 cm³/mol. The van der Waals surface area contributed by atoms with Crippen LogP contribution in [0.25, 0.3) is 0 Å². The molecule has 15 heavy (non-hydrogen) atoms. The summed E-state index contributed by atoms with van der Waals surface area (Å²) in [5, 5.41) is 3.67. The zero-order valence-corrected chi connectivity index (χ0v) is 10.0. The van der Waals surface area contributed by atoms with Crippen molar-refractivity contribution in [1.82, 2.24) is 0 Å². The molecule has 0 radical (unpaired) electrons. The lowest BCUT2D eigenvalue weighted by atomic mass is 10.1. The summed E-state index contributed by atoms with van der Waals surface area (Å²) in [6.45, 7) is 6.68. The maximum Gasteiger partial charge on any atom is 0.0347 e. The topological polar surface area (TPSA) is 12.0 Å². The highest BCUT2D eigenvalue weighted by molar-refractivity contribution is 5.49. The molecule has 1 nitrogen and oxygen atoms in total. The van der Waals surface area contributed by atoms with Crippen LogP contribution in [0.3, 0.4) is 0 Å². The molecule has 1 aromatic carbocycles. The maximum atomic E-state index is 3.67. The molecule has 2 atom stereocenters. The Labute approximate surface area is 92.9 Å². The molecule has 82 valence electrons. The van der Waals surface area contributed by atoms with Gasteiger partial charge in [0.05, 0.1) is 0 Å². The number of hydrogen-bond donors (Lipinski definition) is 1. The van der Waals surface area contributed by atoms with Gasteiger partial charge in [-0.3, -0.25) is 0 Å². The van der Waals surface area contributed by atoms with Gasteiger partial charge in [0.25, 0.3) is 0 Å². The smallest absolute Gasteiger partial charge is 0.0347 e. The van der Waals surface area contributed by atoms with E-state index in [2.05, 4.69) is 44.3 Å². The van der Waals surface area contributed by atoms with Crippen LogP contribution in [-0.2, 0) is 0 Å². The minimum atomic E-state index is 0.686. The van der Waals surface area contributed by atoms with Crippen molar-refractivity contribution in [3.8, 4) is 0 Å². The van der Waals surface area contributed by atoms with Gasteiger partial charge in [-0.25, -0.2) is 0 Å². The van der Waals surface area contributed by atoms with Crippen LogP contribution in [0.15, 0.2) is 18.2 Å². The second-order valence-corrected chi connectivity index (χ2v) is 5.04. The Morgan fingerprint density at radius 3 is 2.27 bits per heavy atom. The number of aryl methyl sites for hydroxylation is 2. The Morgan fingerprint density at radius 2 is 1.73 bits per heavy atom. The van der Waals surface area contributed by atoms with E-state index < -0.39 is 0 Å². The van der Waals surface area contributed by atoms with Gasteiger partial charge in [-0.15, -0.1) is 0 Å². The van der Waals surface area contributed by atoms with E-state index in [1.807, 2.05) is 0 Å². The molecule has 1 aliphatic carbocycles. The second kappa shape index (κ2) is 4.26. The summed E-state index contributed by atoms with van der Waals surface area (Å²) in [6.07, 6.45) is 4.08. The standard InChI is InChI=1S/C14H21N/c1-10-7-11(2)9-13(8-10)15-14-6-4-5-12(14)3/h7-9,12,14-15H,4-6H2,1-3H3. The lowest BCUT2D eigenvalue weighted by Gasteiger charge is -2.19. The first-order chi connectivity index (χ1) is 7.15. The van der Waals surface area contributed by atoms with E-state index in [-0.39, 0.29) is 0 Å². The molecule has 1 heteroatoms. The van der Waals surface area contributed by atoms with Crippen molar-refractivity contribution in [2.45, 2.75) is 46.1 Å². The monoisotopic (exact) mass is 203 g/mol. The third-order valence-corrected chi connectivity index (χ3v) is 3.44. The van der Waals surface area contributed by atoms with Crippen molar-refractivity contribution in [2.75, 3.05) is 5.32 Å². The lowest BCUT2D eigenvalue weighted by molar-refractivity contribution is 0.556. The van der Waals surface area contributed by atoms with E-state index in [1.54, 1.807) is 0 Å². The Morgan fingerprint density at radius 1 is 1.07 bits per heavy atom. The molecule has 1 fully saturated rings. The molecule has 0 aliphatic heterocycles. The minimum Gasteiger partial charge on any atom is -0.382 e. The van der Waals surface area contributed by atoms with E-state index in [0.717, 1.165) is 5.92 Å². The molecular formula is C14H21N.